The van der Waals surface area contributed by atoms with Gasteiger partial charge in [-0.15, -0.1) is 0 Å². The van der Waals surface area contributed by atoms with Gasteiger partial charge in [-0.2, -0.15) is 0 Å². The minimum Gasteiger partial charge on any atom is -0.446 e. The Hall–Kier alpha value is -0.870. The van der Waals surface area contributed by atoms with E-state index in [-0.39, 0.29) is 0 Å². The van der Waals surface area contributed by atoms with Crippen LogP contribution >= 0.6 is 0 Å². The van der Waals surface area contributed by atoms with Crippen molar-refractivity contribution in [2.24, 2.45) is 5.73 Å². The molecule has 0 radical (unpaired) electrons. The number of oxazole rings is 1. The van der Waals surface area contributed by atoms with E-state index in [0.717, 1.165) is 0 Å². The fraction of sp³-hybridized carbons (Fsp3) is 0.667. The highest BCUT2D eigenvalue weighted by atomic mass is 16.4. The van der Waals surface area contributed by atoms with Crippen molar-refractivity contribution in [3.05, 3.63) is 17.3 Å². The molecule has 1 rings (SSSR count). The average molecular weight is 184 g/mol. The van der Waals surface area contributed by atoms with Crippen LogP contribution in [0.4, 0.5) is 0 Å². The predicted octanol–water partition coefficient (Wildman–Crippen LogP) is 0.712. The largest absolute Gasteiger partial charge is 0.446 e. The number of aliphatic hydroxyl groups is 1. The summed E-state index contributed by atoms with van der Waals surface area (Å²) in [7, 11) is 0. The summed E-state index contributed by atoms with van der Waals surface area (Å²) in [5, 5.41) is 9.70. The summed E-state index contributed by atoms with van der Waals surface area (Å²) in [6.07, 6.45) is 0.608. The van der Waals surface area contributed by atoms with Gasteiger partial charge in [0.1, 0.15) is 17.1 Å². The van der Waals surface area contributed by atoms with Gasteiger partial charge in [0.25, 0.3) is 0 Å². The van der Waals surface area contributed by atoms with Crippen molar-refractivity contribution >= 4 is 0 Å². The molecule has 0 aliphatic carbocycles. The van der Waals surface area contributed by atoms with Gasteiger partial charge in [0, 0.05) is 13.0 Å². The van der Waals surface area contributed by atoms with Crippen LogP contribution in [0.2, 0.25) is 0 Å². The van der Waals surface area contributed by atoms with Gasteiger partial charge in [-0.3, -0.25) is 0 Å². The predicted molar refractivity (Wildman–Crippen MR) is 49.2 cm³/mol. The first-order chi connectivity index (χ1) is 5.95. The highest BCUT2D eigenvalue weighted by Crippen LogP contribution is 2.23. The van der Waals surface area contributed by atoms with Crippen LogP contribution in [-0.4, -0.2) is 16.6 Å². The zero-order chi connectivity index (χ0) is 10.1. The molecular weight excluding hydrogens is 168 g/mol. The van der Waals surface area contributed by atoms with Crippen molar-refractivity contribution in [1.29, 1.82) is 0 Å². The molecule has 0 aliphatic heterocycles. The minimum absolute atomic E-state index is 0.505. The van der Waals surface area contributed by atoms with Crippen LogP contribution in [0, 0.1) is 6.92 Å². The lowest BCUT2D eigenvalue weighted by molar-refractivity contribution is 0.0728. The standard InChI is InChI=1S/C9H16N2O2/c1-6-8(9(2,3)12)11-7(13-6)4-5-10/h12H,4-5,10H2,1-3H3. The molecule has 1 aromatic rings. The molecule has 0 spiro atoms. The molecular formula is C9H16N2O2. The summed E-state index contributed by atoms with van der Waals surface area (Å²) in [5.41, 5.74) is 5.02. The summed E-state index contributed by atoms with van der Waals surface area (Å²) in [6, 6.07) is 0. The SMILES string of the molecule is Cc1oc(CCN)nc1C(C)(C)O. The van der Waals surface area contributed by atoms with Crippen LogP contribution in [0.25, 0.3) is 0 Å². The zero-order valence-electron chi connectivity index (χ0n) is 8.29. The Bertz CT molecular complexity index is 286. The molecule has 0 bridgehead atoms. The third-order valence-corrected chi connectivity index (χ3v) is 1.78. The van der Waals surface area contributed by atoms with Crippen LogP contribution in [0.3, 0.4) is 0 Å². The van der Waals surface area contributed by atoms with Crippen molar-refractivity contribution in [1.82, 2.24) is 4.98 Å². The van der Waals surface area contributed by atoms with Crippen molar-refractivity contribution < 1.29 is 9.52 Å². The molecule has 13 heavy (non-hydrogen) atoms. The van der Waals surface area contributed by atoms with E-state index in [4.69, 9.17) is 10.2 Å². The summed E-state index contributed by atoms with van der Waals surface area (Å²) < 4.78 is 5.33. The maximum absolute atomic E-state index is 9.70. The van der Waals surface area contributed by atoms with Gasteiger partial charge in [0.05, 0.1) is 0 Å². The van der Waals surface area contributed by atoms with E-state index >= 15 is 0 Å². The lowest BCUT2D eigenvalue weighted by Crippen LogP contribution is -2.17. The first kappa shape index (κ1) is 10.2. The van der Waals surface area contributed by atoms with Crippen molar-refractivity contribution in [3.8, 4) is 0 Å². The summed E-state index contributed by atoms with van der Waals surface area (Å²) in [5.74, 6) is 1.26. The van der Waals surface area contributed by atoms with Gasteiger partial charge in [0.2, 0.25) is 0 Å². The van der Waals surface area contributed by atoms with E-state index in [1.165, 1.54) is 0 Å². The number of hydrogen-bond donors (Lipinski definition) is 2. The molecule has 0 saturated heterocycles. The average Bonchev–Trinajstić information content (AvgIpc) is 2.30. The fourth-order valence-electron chi connectivity index (χ4n) is 1.25. The van der Waals surface area contributed by atoms with E-state index < -0.39 is 5.60 Å². The van der Waals surface area contributed by atoms with E-state index in [1.54, 1.807) is 20.8 Å². The van der Waals surface area contributed by atoms with Gasteiger partial charge in [0.15, 0.2) is 5.89 Å². The molecule has 1 aromatic heterocycles. The normalized spacial score (nSPS) is 12.1. The van der Waals surface area contributed by atoms with E-state index in [9.17, 15) is 5.11 Å². The number of aryl methyl sites for hydroxylation is 1. The molecule has 3 N–H and O–H groups in total. The Labute approximate surface area is 77.8 Å². The second-order valence-electron chi connectivity index (χ2n) is 3.61. The summed E-state index contributed by atoms with van der Waals surface area (Å²) in [6.45, 7) is 5.67. The second-order valence-corrected chi connectivity index (χ2v) is 3.61. The van der Waals surface area contributed by atoms with Crippen LogP contribution in [0.5, 0.6) is 0 Å². The van der Waals surface area contributed by atoms with Crippen LogP contribution in [-0.2, 0) is 12.0 Å². The summed E-state index contributed by atoms with van der Waals surface area (Å²) in [4.78, 5) is 4.17. The first-order valence-electron chi connectivity index (χ1n) is 4.34. The Balaban J connectivity index is 2.96. The van der Waals surface area contributed by atoms with Crippen LogP contribution in [0.15, 0.2) is 4.42 Å². The highest BCUT2D eigenvalue weighted by Gasteiger charge is 2.24. The third-order valence-electron chi connectivity index (χ3n) is 1.78. The maximum Gasteiger partial charge on any atom is 0.195 e. The van der Waals surface area contributed by atoms with Crippen LogP contribution < -0.4 is 5.73 Å². The Morgan fingerprint density at radius 3 is 2.54 bits per heavy atom. The molecule has 1 heterocycles. The number of aromatic nitrogens is 1. The van der Waals surface area contributed by atoms with Crippen LogP contribution in [0.1, 0.15) is 31.2 Å². The fourth-order valence-corrected chi connectivity index (χ4v) is 1.25. The number of nitrogens with zero attached hydrogens (tertiary/aromatic N) is 1. The topological polar surface area (TPSA) is 72.3 Å². The van der Waals surface area contributed by atoms with Crippen molar-refractivity contribution in [2.75, 3.05) is 6.54 Å². The van der Waals surface area contributed by atoms with Crippen molar-refractivity contribution in [2.45, 2.75) is 32.8 Å². The lowest BCUT2D eigenvalue weighted by Gasteiger charge is -2.13. The van der Waals surface area contributed by atoms with Crippen molar-refractivity contribution in [3.63, 3.8) is 0 Å². The zero-order valence-corrected chi connectivity index (χ0v) is 8.29. The molecule has 0 atom stereocenters. The van der Waals surface area contributed by atoms with E-state index in [1.807, 2.05) is 0 Å². The van der Waals surface area contributed by atoms with Gasteiger partial charge < -0.3 is 15.3 Å². The quantitative estimate of drug-likeness (QED) is 0.725. The summed E-state index contributed by atoms with van der Waals surface area (Å²) >= 11 is 0. The Morgan fingerprint density at radius 2 is 2.15 bits per heavy atom. The smallest absolute Gasteiger partial charge is 0.195 e. The van der Waals surface area contributed by atoms with E-state index in [2.05, 4.69) is 4.98 Å². The molecule has 0 amide bonds. The molecule has 0 aliphatic rings. The Kier molecular flexibility index (Phi) is 2.73. The molecule has 0 unspecified atom stereocenters. The van der Waals surface area contributed by atoms with E-state index in [0.29, 0.717) is 30.3 Å². The maximum atomic E-state index is 9.70. The third kappa shape index (κ3) is 2.29. The number of nitrogens with two attached hydrogens (primary N) is 1. The molecule has 74 valence electrons. The first-order valence-corrected chi connectivity index (χ1v) is 4.34. The molecule has 4 heteroatoms. The Morgan fingerprint density at radius 1 is 1.54 bits per heavy atom. The molecule has 0 fully saturated rings. The minimum atomic E-state index is -0.944. The second kappa shape index (κ2) is 3.47. The van der Waals surface area contributed by atoms with Gasteiger partial charge >= 0.3 is 0 Å². The highest BCUT2D eigenvalue weighted by molar-refractivity contribution is 5.15. The number of rotatable bonds is 3. The number of hydrogen-bond acceptors (Lipinski definition) is 4. The molecule has 0 saturated carbocycles. The molecule has 0 aromatic carbocycles. The molecule has 4 nitrogen and oxygen atoms in total. The van der Waals surface area contributed by atoms with Gasteiger partial charge in [-0.25, -0.2) is 4.98 Å². The van der Waals surface area contributed by atoms with Gasteiger partial charge in [-0.05, 0) is 20.8 Å². The van der Waals surface area contributed by atoms with Gasteiger partial charge in [-0.1, -0.05) is 0 Å². The monoisotopic (exact) mass is 184 g/mol. The lowest BCUT2D eigenvalue weighted by atomic mass is 10.0.